The molecule has 5 nitrogen and oxygen atoms in total. The zero-order valence-electron chi connectivity index (χ0n) is 9.55. The lowest BCUT2D eigenvalue weighted by Gasteiger charge is -2.08. The summed E-state index contributed by atoms with van der Waals surface area (Å²) in [4.78, 5) is 0. The highest BCUT2D eigenvalue weighted by Crippen LogP contribution is 2.20. The molecule has 2 aromatic heterocycles. The SMILES string of the molecule is CCc1occc1C(N)Cc1cn(C)nn1. The van der Waals surface area contributed by atoms with Gasteiger partial charge in [0.25, 0.3) is 0 Å². The van der Waals surface area contributed by atoms with Gasteiger partial charge in [-0.2, -0.15) is 0 Å². The summed E-state index contributed by atoms with van der Waals surface area (Å²) in [5.41, 5.74) is 8.08. The van der Waals surface area contributed by atoms with Gasteiger partial charge in [-0.15, -0.1) is 5.10 Å². The van der Waals surface area contributed by atoms with E-state index >= 15 is 0 Å². The summed E-state index contributed by atoms with van der Waals surface area (Å²) >= 11 is 0. The molecule has 1 unspecified atom stereocenters. The van der Waals surface area contributed by atoms with Gasteiger partial charge in [-0.1, -0.05) is 12.1 Å². The summed E-state index contributed by atoms with van der Waals surface area (Å²) in [5.74, 6) is 0.955. The summed E-state index contributed by atoms with van der Waals surface area (Å²) in [7, 11) is 1.84. The Labute approximate surface area is 94.2 Å². The molecule has 0 aliphatic carbocycles. The van der Waals surface area contributed by atoms with Gasteiger partial charge in [0.15, 0.2) is 0 Å². The van der Waals surface area contributed by atoms with Gasteiger partial charge in [-0.25, -0.2) is 0 Å². The molecule has 0 aromatic carbocycles. The monoisotopic (exact) mass is 220 g/mol. The molecule has 2 heterocycles. The number of furan rings is 1. The number of hydrogen-bond donors (Lipinski definition) is 1. The highest BCUT2D eigenvalue weighted by Gasteiger charge is 2.14. The van der Waals surface area contributed by atoms with Gasteiger partial charge in [0.1, 0.15) is 5.76 Å². The van der Waals surface area contributed by atoms with E-state index in [4.69, 9.17) is 10.2 Å². The molecule has 2 aromatic rings. The predicted octanol–water partition coefficient (Wildman–Crippen LogP) is 1.21. The molecular formula is C11H16N4O. The van der Waals surface area contributed by atoms with Crippen molar-refractivity contribution in [1.29, 1.82) is 0 Å². The minimum Gasteiger partial charge on any atom is -0.469 e. The van der Waals surface area contributed by atoms with Crippen molar-refractivity contribution in [3.05, 3.63) is 35.5 Å². The fourth-order valence-corrected chi connectivity index (χ4v) is 1.79. The lowest BCUT2D eigenvalue weighted by molar-refractivity contribution is 0.505. The maximum atomic E-state index is 6.12. The molecule has 16 heavy (non-hydrogen) atoms. The molecular weight excluding hydrogens is 204 g/mol. The second-order valence-corrected chi connectivity index (χ2v) is 3.85. The van der Waals surface area contributed by atoms with Crippen molar-refractivity contribution in [3.63, 3.8) is 0 Å². The smallest absolute Gasteiger partial charge is 0.108 e. The second-order valence-electron chi connectivity index (χ2n) is 3.85. The average molecular weight is 220 g/mol. The number of nitrogens with zero attached hydrogens (tertiary/aromatic N) is 3. The van der Waals surface area contributed by atoms with Crippen LogP contribution in [0.15, 0.2) is 22.9 Å². The minimum atomic E-state index is -0.0783. The van der Waals surface area contributed by atoms with Crippen molar-refractivity contribution >= 4 is 0 Å². The highest BCUT2D eigenvalue weighted by molar-refractivity contribution is 5.22. The fourth-order valence-electron chi connectivity index (χ4n) is 1.79. The molecule has 0 aliphatic rings. The first-order valence-electron chi connectivity index (χ1n) is 5.37. The van der Waals surface area contributed by atoms with E-state index in [2.05, 4.69) is 17.2 Å². The molecule has 5 heteroatoms. The molecule has 0 amide bonds. The van der Waals surface area contributed by atoms with Crippen molar-refractivity contribution in [2.45, 2.75) is 25.8 Å². The Morgan fingerprint density at radius 2 is 2.38 bits per heavy atom. The summed E-state index contributed by atoms with van der Waals surface area (Å²) < 4.78 is 7.04. The largest absolute Gasteiger partial charge is 0.469 e. The van der Waals surface area contributed by atoms with E-state index in [-0.39, 0.29) is 6.04 Å². The number of rotatable bonds is 4. The van der Waals surface area contributed by atoms with Gasteiger partial charge >= 0.3 is 0 Å². The van der Waals surface area contributed by atoms with Crippen molar-refractivity contribution in [2.24, 2.45) is 12.8 Å². The van der Waals surface area contributed by atoms with Gasteiger partial charge in [0, 0.05) is 37.7 Å². The van der Waals surface area contributed by atoms with Gasteiger partial charge in [-0.05, 0) is 6.07 Å². The summed E-state index contributed by atoms with van der Waals surface area (Å²) in [6, 6.07) is 1.85. The zero-order chi connectivity index (χ0) is 11.5. The molecule has 0 saturated heterocycles. The number of aryl methyl sites for hydroxylation is 2. The first kappa shape index (κ1) is 10.9. The number of aromatic nitrogens is 3. The van der Waals surface area contributed by atoms with Gasteiger partial charge in [0.2, 0.25) is 0 Å². The number of nitrogens with two attached hydrogens (primary N) is 1. The summed E-state index contributed by atoms with van der Waals surface area (Å²) in [6.07, 6.45) is 5.10. The molecule has 0 spiro atoms. The summed E-state index contributed by atoms with van der Waals surface area (Å²) in [5, 5.41) is 7.90. The third-order valence-corrected chi connectivity index (χ3v) is 2.58. The third kappa shape index (κ3) is 2.14. The Bertz CT molecular complexity index is 460. The Morgan fingerprint density at radius 1 is 1.56 bits per heavy atom. The van der Waals surface area contributed by atoms with Crippen molar-refractivity contribution in [1.82, 2.24) is 15.0 Å². The van der Waals surface area contributed by atoms with Gasteiger partial charge in [-0.3, -0.25) is 4.68 Å². The van der Waals surface area contributed by atoms with Crippen LogP contribution in [-0.4, -0.2) is 15.0 Å². The first-order valence-corrected chi connectivity index (χ1v) is 5.37. The first-order chi connectivity index (χ1) is 7.70. The van der Waals surface area contributed by atoms with E-state index in [1.807, 2.05) is 19.3 Å². The van der Waals surface area contributed by atoms with Crippen LogP contribution in [0.3, 0.4) is 0 Å². The van der Waals surface area contributed by atoms with E-state index in [9.17, 15) is 0 Å². The maximum Gasteiger partial charge on any atom is 0.108 e. The quantitative estimate of drug-likeness (QED) is 0.840. The van der Waals surface area contributed by atoms with E-state index < -0.39 is 0 Å². The lowest BCUT2D eigenvalue weighted by atomic mass is 10.0. The molecule has 2 rings (SSSR count). The molecule has 86 valence electrons. The van der Waals surface area contributed by atoms with Crippen molar-refractivity contribution < 1.29 is 4.42 Å². The average Bonchev–Trinajstić information content (AvgIpc) is 2.86. The van der Waals surface area contributed by atoms with Crippen LogP contribution < -0.4 is 5.73 Å². The standard InChI is InChI=1S/C11H16N4O/c1-3-11-9(4-5-16-11)10(12)6-8-7-15(2)14-13-8/h4-5,7,10H,3,6,12H2,1-2H3. The van der Waals surface area contributed by atoms with Crippen LogP contribution in [0.25, 0.3) is 0 Å². The fraction of sp³-hybridized carbons (Fsp3) is 0.455. The Morgan fingerprint density at radius 3 is 3.00 bits per heavy atom. The van der Waals surface area contributed by atoms with Crippen LogP contribution >= 0.6 is 0 Å². The lowest BCUT2D eigenvalue weighted by Crippen LogP contribution is -2.14. The Kier molecular flexibility index (Phi) is 3.05. The zero-order valence-corrected chi connectivity index (χ0v) is 9.55. The molecule has 2 N–H and O–H groups in total. The predicted molar refractivity (Wildman–Crippen MR) is 59.7 cm³/mol. The summed E-state index contributed by atoms with van der Waals surface area (Å²) in [6.45, 7) is 2.05. The van der Waals surface area contributed by atoms with Crippen LogP contribution in [-0.2, 0) is 19.9 Å². The highest BCUT2D eigenvalue weighted by atomic mass is 16.3. The normalized spacial score (nSPS) is 12.9. The van der Waals surface area contributed by atoms with E-state index in [0.717, 1.165) is 23.4 Å². The molecule has 0 bridgehead atoms. The molecule has 0 saturated carbocycles. The molecule has 1 atom stereocenters. The third-order valence-electron chi connectivity index (χ3n) is 2.58. The molecule has 0 radical (unpaired) electrons. The van der Waals surface area contributed by atoms with Crippen LogP contribution in [0.2, 0.25) is 0 Å². The van der Waals surface area contributed by atoms with Crippen LogP contribution in [0.5, 0.6) is 0 Å². The van der Waals surface area contributed by atoms with E-state index in [0.29, 0.717) is 6.42 Å². The van der Waals surface area contributed by atoms with Crippen LogP contribution in [0.4, 0.5) is 0 Å². The van der Waals surface area contributed by atoms with Crippen LogP contribution in [0.1, 0.15) is 30.0 Å². The number of hydrogen-bond acceptors (Lipinski definition) is 4. The van der Waals surface area contributed by atoms with Gasteiger partial charge in [0.05, 0.1) is 12.0 Å². The van der Waals surface area contributed by atoms with Crippen molar-refractivity contribution in [3.8, 4) is 0 Å². The van der Waals surface area contributed by atoms with Crippen LogP contribution in [0, 0.1) is 0 Å². The minimum absolute atomic E-state index is 0.0783. The second kappa shape index (κ2) is 4.49. The maximum absolute atomic E-state index is 6.12. The molecule has 0 fully saturated rings. The molecule has 0 aliphatic heterocycles. The van der Waals surface area contributed by atoms with E-state index in [1.165, 1.54) is 0 Å². The van der Waals surface area contributed by atoms with E-state index in [1.54, 1.807) is 10.9 Å². The topological polar surface area (TPSA) is 69.9 Å². The van der Waals surface area contributed by atoms with Crippen molar-refractivity contribution in [2.75, 3.05) is 0 Å². The Balaban J connectivity index is 2.11. The Hall–Kier alpha value is -1.62. The van der Waals surface area contributed by atoms with Gasteiger partial charge < -0.3 is 10.2 Å².